The molecule has 1 atom stereocenters. The predicted molar refractivity (Wildman–Crippen MR) is 91.6 cm³/mol. The number of benzene rings is 1. The molecule has 0 bridgehead atoms. The molecule has 6 nitrogen and oxygen atoms in total. The third-order valence-electron chi connectivity index (χ3n) is 4.23. The Morgan fingerprint density at radius 2 is 2.25 bits per heavy atom. The summed E-state index contributed by atoms with van der Waals surface area (Å²) in [5, 5.41) is 2.94. The van der Waals surface area contributed by atoms with Gasteiger partial charge >= 0.3 is 0 Å². The Morgan fingerprint density at radius 1 is 1.42 bits per heavy atom. The van der Waals surface area contributed by atoms with Crippen LogP contribution in [0.15, 0.2) is 29.3 Å². The lowest BCUT2D eigenvalue weighted by Gasteiger charge is -2.31. The van der Waals surface area contributed by atoms with Gasteiger partial charge in [0.1, 0.15) is 0 Å². The summed E-state index contributed by atoms with van der Waals surface area (Å²) in [6.45, 7) is 5.24. The van der Waals surface area contributed by atoms with Gasteiger partial charge in [0.25, 0.3) is 0 Å². The number of carbonyl (C=O) groups excluding carboxylic acids is 2. The molecule has 0 aliphatic carbocycles. The number of likely N-dealkylation sites (tertiary alicyclic amines) is 1. The van der Waals surface area contributed by atoms with Crippen LogP contribution in [0.2, 0.25) is 0 Å². The third-order valence-corrected chi connectivity index (χ3v) is 4.82. The Labute approximate surface area is 148 Å². The van der Waals surface area contributed by atoms with Crippen LogP contribution in [0.1, 0.15) is 18.4 Å². The van der Waals surface area contributed by atoms with Crippen molar-refractivity contribution in [1.29, 1.82) is 0 Å². The van der Waals surface area contributed by atoms with Crippen LogP contribution in [-0.2, 0) is 16.1 Å². The van der Waals surface area contributed by atoms with Crippen LogP contribution >= 0.6 is 15.9 Å². The molecule has 1 aromatic rings. The van der Waals surface area contributed by atoms with Crippen LogP contribution in [0.4, 0.5) is 0 Å². The SMILES string of the molecule is C=CC(=O)N1CCCC(C(=O)NCc2cc(Br)c3c(c2)OCO3)C1. The van der Waals surface area contributed by atoms with Gasteiger partial charge in [0.05, 0.1) is 10.4 Å². The van der Waals surface area contributed by atoms with Crippen LogP contribution in [0.3, 0.4) is 0 Å². The molecule has 24 heavy (non-hydrogen) atoms. The van der Waals surface area contributed by atoms with E-state index in [-0.39, 0.29) is 24.5 Å². The average molecular weight is 395 g/mol. The molecule has 3 rings (SSSR count). The molecule has 0 spiro atoms. The van der Waals surface area contributed by atoms with Gasteiger partial charge < -0.3 is 19.7 Å². The van der Waals surface area contributed by atoms with Gasteiger partial charge in [-0.25, -0.2) is 0 Å². The maximum absolute atomic E-state index is 12.4. The Bertz CT molecular complexity index is 677. The second kappa shape index (κ2) is 7.25. The molecule has 2 aliphatic rings. The van der Waals surface area contributed by atoms with E-state index in [1.165, 1.54) is 6.08 Å². The molecule has 128 valence electrons. The Kier molecular flexibility index (Phi) is 5.08. The zero-order valence-electron chi connectivity index (χ0n) is 13.2. The number of piperidine rings is 1. The molecule has 0 aromatic heterocycles. The summed E-state index contributed by atoms with van der Waals surface area (Å²) in [6, 6.07) is 3.77. The first kappa shape index (κ1) is 16.8. The second-order valence-electron chi connectivity index (χ2n) is 5.86. The first-order valence-corrected chi connectivity index (χ1v) is 8.65. The van der Waals surface area contributed by atoms with Gasteiger partial charge in [-0.3, -0.25) is 9.59 Å². The van der Waals surface area contributed by atoms with Crippen LogP contribution in [0.5, 0.6) is 11.5 Å². The number of halogens is 1. The summed E-state index contributed by atoms with van der Waals surface area (Å²) in [5.74, 6) is 1.03. The van der Waals surface area contributed by atoms with E-state index < -0.39 is 0 Å². The molecule has 1 fully saturated rings. The standard InChI is InChI=1S/C17H19BrN2O4/c1-2-15(21)20-5-3-4-12(9-20)17(22)19-8-11-6-13(18)16-14(7-11)23-10-24-16/h2,6-7,12H,1,3-5,8-10H2,(H,19,22). The van der Waals surface area contributed by atoms with Crippen LogP contribution in [-0.4, -0.2) is 36.6 Å². The molecule has 0 radical (unpaired) electrons. The van der Waals surface area contributed by atoms with Crippen molar-refractivity contribution in [2.75, 3.05) is 19.9 Å². The fourth-order valence-electron chi connectivity index (χ4n) is 2.98. The largest absolute Gasteiger partial charge is 0.454 e. The molecule has 1 aromatic carbocycles. The number of ether oxygens (including phenoxy) is 2. The lowest BCUT2D eigenvalue weighted by atomic mass is 9.97. The minimum atomic E-state index is -0.180. The van der Waals surface area contributed by atoms with E-state index in [2.05, 4.69) is 27.8 Å². The van der Waals surface area contributed by atoms with Crippen LogP contribution in [0, 0.1) is 5.92 Å². The van der Waals surface area contributed by atoms with E-state index >= 15 is 0 Å². The van der Waals surface area contributed by atoms with Crippen molar-refractivity contribution in [2.45, 2.75) is 19.4 Å². The van der Waals surface area contributed by atoms with E-state index in [1.54, 1.807) is 4.90 Å². The van der Waals surface area contributed by atoms with Gasteiger partial charge in [0, 0.05) is 19.6 Å². The summed E-state index contributed by atoms with van der Waals surface area (Å²) in [4.78, 5) is 25.8. The lowest BCUT2D eigenvalue weighted by Crippen LogP contribution is -2.44. The van der Waals surface area contributed by atoms with Gasteiger partial charge in [-0.2, -0.15) is 0 Å². The summed E-state index contributed by atoms with van der Waals surface area (Å²) in [5.41, 5.74) is 0.925. The maximum Gasteiger partial charge on any atom is 0.245 e. The Balaban J connectivity index is 1.58. The molecular weight excluding hydrogens is 376 g/mol. The highest BCUT2D eigenvalue weighted by Gasteiger charge is 2.27. The number of carbonyl (C=O) groups is 2. The number of amides is 2. The molecule has 0 saturated carbocycles. The number of rotatable bonds is 4. The first-order valence-electron chi connectivity index (χ1n) is 7.85. The highest BCUT2D eigenvalue weighted by atomic mass is 79.9. The zero-order chi connectivity index (χ0) is 17.1. The van der Waals surface area contributed by atoms with Crippen molar-refractivity contribution >= 4 is 27.7 Å². The summed E-state index contributed by atoms with van der Waals surface area (Å²) in [6.07, 6.45) is 2.91. The van der Waals surface area contributed by atoms with E-state index in [9.17, 15) is 9.59 Å². The van der Waals surface area contributed by atoms with Crippen molar-refractivity contribution in [3.63, 3.8) is 0 Å². The lowest BCUT2D eigenvalue weighted by molar-refractivity contribution is -0.132. The second-order valence-corrected chi connectivity index (χ2v) is 6.71. The normalized spacial score (nSPS) is 19.0. The highest BCUT2D eigenvalue weighted by Crippen LogP contribution is 2.39. The number of nitrogens with zero attached hydrogens (tertiary/aromatic N) is 1. The fraction of sp³-hybridized carbons (Fsp3) is 0.412. The van der Waals surface area contributed by atoms with Crippen LogP contribution in [0.25, 0.3) is 0 Å². The van der Waals surface area contributed by atoms with Gasteiger partial charge in [0.2, 0.25) is 18.6 Å². The van der Waals surface area contributed by atoms with Crippen molar-refractivity contribution in [3.05, 3.63) is 34.8 Å². The fourth-order valence-corrected chi connectivity index (χ4v) is 3.58. The zero-order valence-corrected chi connectivity index (χ0v) is 14.8. The number of nitrogens with one attached hydrogen (secondary N) is 1. The van der Waals surface area contributed by atoms with Crippen molar-refractivity contribution in [1.82, 2.24) is 10.2 Å². The van der Waals surface area contributed by atoms with Crippen LogP contribution < -0.4 is 14.8 Å². The van der Waals surface area contributed by atoms with Crippen molar-refractivity contribution in [2.24, 2.45) is 5.92 Å². The Hall–Kier alpha value is -2.02. The number of fused-ring (bicyclic) bond motifs is 1. The monoisotopic (exact) mass is 394 g/mol. The van der Waals surface area contributed by atoms with E-state index in [1.807, 2.05) is 12.1 Å². The highest BCUT2D eigenvalue weighted by molar-refractivity contribution is 9.10. The van der Waals surface area contributed by atoms with Crippen molar-refractivity contribution < 1.29 is 19.1 Å². The van der Waals surface area contributed by atoms with E-state index in [0.29, 0.717) is 31.1 Å². The topological polar surface area (TPSA) is 67.9 Å². The quantitative estimate of drug-likeness (QED) is 0.794. The predicted octanol–water partition coefficient (Wildman–Crippen LogP) is 2.22. The minimum absolute atomic E-state index is 0.0367. The van der Waals surface area contributed by atoms with Crippen molar-refractivity contribution in [3.8, 4) is 11.5 Å². The average Bonchev–Trinajstić information content (AvgIpc) is 3.08. The molecule has 7 heteroatoms. The first-order chi connectivity index (χ1) is 11.6. The molecule has 1 unspecified atom stereocenters. The molecule has 2 amide bonds. The number of hydrogen-bond donors (Lipinski definition) is 1. The molecule has 1 N–H and O–H groups in total. The Morgan fingerprint density at radius 3 is 3.04 bits per heavy atom. The smallest absolute Gasteiger partial charge is 0.245 e. The number of hydrogen-bond acceptors (Lipinski definition) is 4. The molecule has 2 aliphatic heterocycles. The van der Waals surface area contributed by atoms with Gasteiger partial charge in [0.15, 0.2) is 11.5 Å². The summed E-state index contributed by atoms with van der Waals surface area (Å²) in [7, 11) is 0. The van der Waals surface area contributed by atoms with Gasteiger partial charge in [-0.1, -0.05) is 6.58 Å². The molecule has 1 saturated heterocycles. The summed E-state index contributed by atoms with van der Waals surface area (Å²) < 4.78 is 11.5. The summed E-state index contributed by atoms with van der Waals surface area (Å²) >= 11 is 3.44. The van der Waals surface area contributed by atoms with E-state index in [4.69, 9.17) is 9.47 Å². The van der Waals surface area contributed by atoms with Gasteiger partial charge in [-0.15, -0.1) is 0 Å². The minimum Gasteiger partial charge on any atom is -0.454 e. The third kappa shape index (κ3) is 3.56. The molecular formula is C17H19BrN2O4. The molecule has 2 heterocycles. The van der Waals surface area contributed by atoms with E-state index in [0.717, 1.165) is 22.9 Å². The van der Waals surface area contributed by atoms with Gasteiger partial charge in [-0.05, 0) is 52.5 Å². The maximum atomic E-state index is 12.4.